The fourth-order valence-corrected chi connectivity index (χ4v) is 5.60. The van der Waals surface area contributed by atoms with E-state index in [4.69, 9.17) is 11.6 Å². The molecule has 0 atom stereocenters. The van der Waals surface area contributed by atoms with Crippen molar-refractivity contribution in [2.45, 2.75) is 9.79 Å². The number of aromatic hydroxyl groups is 1. The van der Waals surface area contributed by atoms with E-state index in [1.165, 1.54) is 11.8 Å². The summed E-state index contributed by atoms with van der Waals surface area (Å²) in [6, 6.07) is 10.5. The molecule has 0 spiro atoms. The van der Waals surface area contributed by atoms with Gasteiger partial charge in [0.2, 0.25) is 0 Å². The number of carbonyl (C=O) groups excluding carboxylic acids is 1. The second-order valence-corrected chi connectivity index (χ2v) is 10.0. The molecule has 0 aliphatic carbocycles. The second kappa shape index (κ2) is 8.61. The molecular formula is C21H15ClF2N2O4S2. The average molecular weight is 497 g/mol. The zero-order valence-electron chi connectivity index (χ0n) is 16.2. The number of amides is 1. The molecule has 0 aromatic heterocycles. The first-order valence-electron chi connectivity index (χ1n) is 9.22. The van der Waals surface area contributed by atoms with Crippen LogP contribution in [0.5, 0.6) is 5.75 Å². The molecule has 0 unspecified atom stereocenters. The van der Waals surface area contributed by atoms with Crippen molar-refractivity contribution >= 4 is 45.0 Å². The Labute approximate surface area is 191 Å². The maximum atomic E-state index is 14.7. The molecule has 0 saturated carbocycles. The second-order valence-electron chi connectivity index (χ2n) is 6.82. The number of hydrogen-bond acceptors (Lipinski definition) is 5. The highest BCUT2D eigenvalue weighted by atomic mass is 35.5. The van der Waals surface area contributed by atoms with Crippen LogP contribution in [0.3, 0.4) is 0 Å². The number of carbonyl (C=O) groups is 1. The first kappa shape index (κ1) is 22.4. The van der Waals surface area contributed by atoms with E-state index in [1.807, 2.05) is 4.72 Å². The Hall–Kier alpha value is -2.82. The van der Waals surface area contributed by atoms with Gasteiger partial charge in [-0.2, -0.15) is 0 Å². The Balaban J connectivity index is 1.93. The standard InChI is InChI=1S/C21H15ClF2N2O4S2/c22-14-7-11-8-19(20(14)27)32(29,30)26-17-9-13(15(23)10-16(17)24)12-3-1-2-4-18(12)31-6-5-25-21(11)28/h1-4,7-10,26-27H,5-6H2,(H,25,28). The van der Waals surface area contributed by atoms with Gasteiger partial charge in [-0.25, -0.2) is 17.2 Å². The molecule has 0 saturated heterocycles. The number of benzene rings is 3. The van der Waals surface area contributed by atoms with Gasteiger partial charge in [0.05, 0.1) is 10.7 Å². The van der Waals surface area contributed by atoms with Crippen LogP contribution in [0.2, 0.25) is 5.02 Å². The fraction of sp³-hybridized carbons (Fsp3) is 0.0952. The lowest BCUT2D eigenvalue weighted by Gasteiger charge is -2.14. The van der Waals surface area contributed by atoms with Crippen LogP contribution in [0.15, 0.2) is 58.3 Å². The molecule has 1 aliphatic rings. The summed E-state index contributed by atoms with van der Waals surface area (Å²) in [7, 11) is -4.60. The number of hydrogen-bond donors (Lipinski definition) is 3. The first-order chi connectivity index (χ1) is 15.2. The van der Waals surface area contributed by atoms with Crippen molar-refractivity contribution in [2.24, 2.45) is 0 Å². The maximum absolute atomic E-state index is 14.7. The van der Waals surface area contributed by atoms with E-state index >= 15 is 0 Å². The SMILES string of the molecule is O=C1NCCSc2ccccc2-c2cc(c(F)cc2F)NS(=O)(=O)c2cc1cc(Cl)c2O. The lowest BCUT2D eigenvalue weighted by Crippen LogP contribution is -2.26. The predicted octanol–water partition coefficient (Wildman–Crippen LogP) is 4.63. The van der Waals surface area contributed by atoms with Gasteiger partial charge in [0.25, 0.3) is 15.9 Å². The molecule has 3 N–H and O–H groups in total. The maximum Gasteiger partial charge on any atom is 0.265 e. The zero-order valence-corrected chi connectivity index (χ0v) is 18.5. The third kappa shape index (κ3) is 4.25. The molecule has 1 amide bonds. The summed E-state index contributed by atoms with van der Waals surface area (Å²) in [5.74, 6) is -3.01. The van der Waals surface area contributed by atoms with Crippen molar-refractivity contribution < 1.29 is 27.1 Å². The monoisotopic (exact) mass is 496 g/mol. The van der Waals surface area contributed by atoms with Crippen molar-refractivity contribution in [3.8, 4) is 16.9 Å². The van der Waals surface area contributed by atoms with Crippen LogP contribution in [0.25, 0.3) is 11.1 Å². The van der Waals surface area contributed by atoms with Crippen molar-refractivity contribution in [3.05, 3.63) is 70.8 Å². The van der Waals surface area contributed by atoms with E-state index in [1.54, 1.807) is 24.3 Å². The van der Waals surface area contributed by atoms with Crippen molar-refractivity contribution in [1.29, 1.82) is 0 Å². The zero-order chi connectivity index (χ0) is 23.0. The number of phenols is 1. The molecule has 11 heteroatoms. The summed E-state index contributed by atoms with van der Waals surface area (Å²) in [4.78, 5) is 12.4. The predicted molar refractivity (Wildman–Crippen MR) is 119 cm³/mol. The van der Waals surface area contributed by atoms with Gasteiger partial charge in [-0.15, -0.1) is 11.8 Å². The summed E-state index contributed by atoms with van der Waals surface area (Å²) < 4.78 is 57.1. The van der Waals surface area contributed by atoms with E-state index in [0.717, 1.165) is 18.2 Å². The molecule has 0 fully saturated rings. The van der Waals surface area contributed by atoms with Crippen LogP contribution >= 0.6 is 23.4 Å². The molecule has 166 valence electrons. The van der Waals surface area contributed by atoms with Crippen LogP contribution in [0.1, 0.15) is 10.4 Å². The van der Waals surface area contributed by atoms with Crippen LogP contribution < -0.4 is 10.0 Å². The van der Waals surface area contributed by atoms with E-state index < -0.39 is 43.9 Å². The minimum Gasteiger partial charge on any atom is -0.505 e. The quantitative estimate of drug-likeness (QED) is 0.422. The van der Waals surface area contributed by atoms with Gasteiger partial charge in [0.1, 0.15) is 16.5 Å². The van der Waals surface area contributed by atoms with Crippen LogP contribution in [-0.2, 0) is 10.0 Å². The van der Waals surface area contributed by atoms with Gasteiger partial charge in [0, 0.05) is 34.4 Å². The van der Waals surface area contributed by atoms with Crippen molar-refractivity contribution in [2.75, 3.05) is 17.0 Å². The Morgan fingerprint density at radius 3 is 2.56 bits per heavy atom. The molecule has 1 aliphatic heterocycles. The Bertz CT molecular complexity index is 1350. The van der Waals surface area contributed by atoms with E-state index in [9.17, 15) is 27.1 Å². The number of phenolic OH excluding ortho intramolecular Hbond substituents is 1. The molecule has 3 aromatic carbocycles. The van der Waals surface area contributed by atoms with E-state index in [0.29, 0.717) is 22.3 Å². The molecule has 4 rings (SSSR count). The topological polar surface area (TPSA) is 95.5 Å². The molecule has 1 heterocycles. The van der Waals surface area contributed by atoms with Gasteiger partial charge in [0.15, 0.2) is 5.75 Å². The first-order valence-corrected chi connectivity index (χ1v) is 12.1. The fourth-order valence-electron chi connectivity index (χ4n) is 3.19. The smallest absolute Gasteiger partial charge is 0.265 e. The lowest BCUT2D eigenvalue weighted by atomic mass is 10.0. The number of rotatable bonds is 0. The molecule has 0 radical (unpaired) electrons. The van der Waals surface area contributed by atoms with Crippen LogP contribution in [0, 0.1) is 11.6 Å². The molecular weight excluding hydrogens is 482 g/mol. The third-order valence-electron chi connectivity index (χ3n) is 4.70. The number of sulfonamides is 1. The van der Waals surface area contributed by atoms with Gasteiger partial charge < -0.3 is 10.4 Å². The van der Waals surface area contributed by atoms with Crippen LogP contribution in [0.4, 0.5) is 14.5 Å². The van der Waals surface area contributed by atoms with Gasteiger partial charge in [-0.3, -0.25) is 9.52 Å². The van der Waals surface area contributed by atoms with Gasteiger partial charge in [-0.05, 0) is 29.8 Å². The summed E-state index contributed by atoms with van der Waals surface area (Å²) in [6.45, 7) is 0.216. The van der Waals surface area contributed by atoms with Gasteiger partial charge in [-0.1, -0.05) is 29.8 Å². The number of thioether (sulfide) groups is 1. The Morgan fingerprint density at radius 2 is 1.78 bits per heavy atom. The Kier molecular flexibility index (Phi) is 6.02. The minimum atomic E-state index is -4.60. The van der Waals surface area contributed by atoms with Crippen LogP contribution in [-0.4, -0.2) is 31.7 Å². The molecule has 3 aromatic rings. The Morgan fingerprint density at radius 1 is 1.03 bits per heavy atom. The minimum absolute atomic E-state index is 0.0119. The molecule has 32 heavy (non-hydrogen) atoms. The molecule has 6 nitrogen and oxygen atoms in total. The van der Waals surface area contributed by atoms with Crippen molar-refractivity contribution in [3.63, 3.8) is 0 Å². The average Bonchev–Trinajstić information content (AvgIpc) is 2.74. The van der Waals surface area contributed by atoms with E-state index in [-0.39, 0.29) is 22.7 Å². The number of nitrogens with one attached hydrogen (secondary N) is 2. The highest BCUT2D eigenvalue weighted by molar-refractivity contribution is 7.99. The summed E-state index contributed by atoms with van der Waals surface area (Å²) >= 11 is 7.28. The highest BCUT2D eigenvalue weighted by Crippen LogP contribution is 2.37. The third-order valence-corrected chi connectivity index (χ3v) is 7.45. The number of anilines is 1. The summed E-state index contributed by atoms with van der Waals surface area (Å²) in [6.07, 6.45) is 0. The van der Waals surface area contributed by atoms with E-state index in [2.05, 4.69) is 5.32 Å². The number of fused-ring (bicyclic) bond motifs is 6. The van der Waals surface area contributed by atoms with Gasteiger partial charge >= 0.3 is 0 Å². The lowest BCUT2D eigenvalue weighted by molar-refractivity contribution is 0.0956. The molecule has 4 bridgehead atoms. The normalized spacial score (nSPS) is 15.5. The summed E-state index contributed by atoms with van der Waals surface area (Å²) in [5.41, 5.74) is -0.208. The highest BCUT2D eigenvalue weighted by Gasteiger charge is 2.26. The van der Waals surface area contributed by atoms with Crippen molar-refractivity contribution in [1.82, 2.24) is 5.32 Å². The largest absolute Gasteiger partial charge is 0.505 e. The number of halogens is 3. The summed E-state index contributed by atoms with van der Waals surface area (Å²) in [5, 5.41) is 12.5.